The highest BCUT2D eigenvalue weighted by Gasteiger charge is 2.32. The Hall–Kier alpha value is -0.850. The molecule has 0 atom stereocenters. The lowest BCUT2D eigenvalue weighted by atomic mass is 9.97. The van der Waals surface area contributed by atoms with Gasteiger partial charge in [0, 0.05) is 38.3 Å². The average molecular weight is 324 g/mol. The van der Waals surface area contributed by atoms with Gasteiger partial charge in [0.25, 0.3) is 0 Å². The number of aliphatic hydroxyl groups is 1. The van der Waals surface area contributed by atoms with Gasteiger partial charge in [-0.2, -0.15) is 0 Å². The summed E-state index contributed by atoms with van der Waals surface area (Å²) in [6.07, 6.45) is 7.14. The molecule has 2 saturated heterocycles. The van der Waals surface area contributed by atoms with Crippen molar-refractivity contribution in [2.75, 3.05) is 45.9 Å². The van der Waals surface area contributed by atoms with Crippen LogP contribution < -0.4 is 10.6 Å². The number of urea groups is 1. The van der Waals surface area contributed by atoms with Crippen LogP contribution in [0.25, 0.3) is 0 Å². The van der Waals surface area contributed by atoms with Gasteiger partial charge in [0.2, 0.25) is 0 Å². The summed E-state index contributed by atoms with van der Waals surface area (Å²) in [5.74, 6) is 0.576. The van der Waals surface area contributed by atoms with Gasteiger partial charge in [-0.1, -0.05) is 0 Å². The Labute approximate surface area is 139 Å². The van der Waals surface area contributed by atoms with Crippen LogP contribution in [0.5, 0.6) is 0 Å². The Morgan fingerprint density at radius 2 is 1.70 bits per heavy atom. The summed E-state index contributed by atoms with van der Waals surface area (Å²) in [6.45, 7) is 6.14. The van der Waals surface area contributed by atoms with Crippen LogP contribution >= 0.6 is 0 Å². The smallest absolute Gasteiger partial charge is 0.315 e. The molecule has 2 amide bonds. The van der Waals surface area contributed by atoms with Crippen molar-refractivity contribution in [2.45, 2.75) is 50.6 Å². The Balaban J connectivity index is 1.27. The maximum absolute atomic E-state index is 12.1. The van der Waals surface area contributed by atoms with Gasteiger partial charge in [-0.05, 0) is 57.5 Å². The van der Waals surface area contributed by atoms with Gasteiger partial charge in [0.1, 0.15) is 0 Å². The zero-order valence-corrected chi connectivity index (χ0v) is 14.2. The first-order chi connectivity index (χ1) is 11.2. The SMILES string of the molecule is O=C(NCC1CCN(CCO)CC1)NC1CCN(C2CC2)CC1. The molecule has 132 valence electrons. The van der Waals surface area contributed by atoms with Crippen LogP contribution in [0.4, 0.5) is 4.79 Å². The Morgan fingerprint density at radius 1 is 1.00 bits per heavy atom. The number of rotatable bonds is 6. The van der Waals surface area contributed by atoms with Gasteiger partial charge < -0.3 is 25.5 Å². The lowest BCUT2D eigenvalue weighted by Crippen LogP contribution is -2.49. The molecule has 0 aromatic heterocycles. The van der Waals surface area contributed by atoms with Crippen molar-refractivity contribution in [1.29, 1.82) is 0 Å². The van der Waals surface area contributed by atoms with E-state index in [-0.39, 0.29) is 12.6 Å². The number of nitrogens with one attached hydrogen (secondary N) is 2. The molecule has 3 fully saturated rings. The summed E-state index contributed by atoms with van der Waals surface area (Å²) in [7, 11) is 0. The molecular formula is C17H32N4O2. The standard InChI is InChI=1S/C17H32N4O2/c22-12-11-20-7-3-14(4-8-20)13-18-17(23)19-15-5-9-21(10-6-15)16-1-2-16/h14-16,22H,1-13H2,(H2,18,19,23). The van der Waals surface area contributed by atoms with Gasteiger partial charge in [-0.25, -0.2) is 4.79 Å². The predicted octanol–water partition coefficient (Wildman–Crippen LogP) is 0.617. The van der Waals surface area contributed by atoms with E-state index in [9.17, 15) is 4.79 Å². The normalized spacial score (nSPS) is 25.4. The number of piperidine rings is 2. The zero-order valence-electron chi connectivity index (χ0n) is 14.2. The monoisotopic (exact) mass is 324 g/mol. The number of hydrogen-bond acceptors (Lipinski definition) is 4. The van der Waals surface area contributed by atoms with E-state index >= 15 is 0 Å². The molecule has 2 aliphatic heterocycles. The summed E-state index contributed by atoms with van der Waals surface area (Å²) in [4.78, 5) is 16.9. The fraction of sp³-hybridized carbons (Fsp3) is 0.941. The van der Waals surface area contributed by atoms with Crippen molar-refractivity contribution >= 4 is 6.03 Å². The molecule has 23 heavy (non-hydrogen) atoms. The maximum atomic E-state index is 12.1. The third kappa shape index (κ3) is 5.33. The number of hydrogen-bond donors (Lipinski definition) is 3. The van der Waals surface area contributed by atoms with Gasteiger partial charge in [-0.15, -0.1) is 0 Å². The summed E-state index contributed by atoms with van der Waals surface area (Å²) in [5.41, 5.74) is 0. The van der Waals surface area contributed by atoms with Crippen molar-refractivity contribution < 1.29 is 9.90 Å². The first-order valence-electron chi connectivity index (χ1n) is 9.36. The maximum Gasteiger partial charge on any atom is 0.315 e. The quantitative estimate of drug-likeness (QED) is 0.670. The van der Waals surface area contributed by atoms with Crippen molar-refractivity contribution in [3.05, 3.63) is 0 Å². The number of aliphatic hydroxyl groups excluding tert-OH is 1. The molecule has 3 aliphatic rings. The van der Waals surface area contributed by atoms with Crippen molar-refractivity contribution in [3.8, 4) is 0 Å². The average Bonchev–Trinajstić information content (AvgIpc) is 3.40. The van der Waals surface area contributed by atoms with E-state index in [4.69, 9.17) is 5.11 Å². The first-order valence-corrected chi connectivity index (χ1v) is 9.36. The van der Waals surface area contributed by atoms with Crippen LogP contribution in [0.15, 0.2) is 0 Å². The van der Waals surface area contributed by atoms with Gasteiger partial charge in [0.05, 0.1) is 6.61 Å². The van der Waals surface area contributed by atoms with E-state index in [1.165, 1.54) is 12.8 Å². The highest BCUT2D eigenvalue weighted by Crippen LogP contribution is 2.29. The molecular weight excluding hydrogens is 292 g/mol. The number of carbonyl (C=O) groups is 1. The van der Waals surface area contributed by atoms with Crippen LogP contribution in [-0.2, 0) is 0 Å². The third-order valence-electron chi connectivity index (χ3n) is 5.60. The van der Waals surface area contributed by atoms with E-state index in [0.29, 0.717) is 12.0 Å². The van der Waals surface area contributed by atoms with E-state index in [1.54, 1.807) is 0 Å². The second kappa shape index (κ2) is 8.31. The highest BCUT2D eigenvalue weighted by atomic mass is 16.3. The summed E-state index contributed by atoms with van der Waals surface area (Å²) >= 11 is 0. The van der Waals surface area contributed by atoms with Crippen LogP contribution in [-0.4, -0.2) is 78.9 Å². The highest BCUT2D eigenvalue weighted by molar-refractivity contribution is 5.74. The van der Waals surface area contributed by atoms with E-state index in [0.717, 1.165) is 71.0 Å². The second-order valence-corrected chi connectivity index (χ2v) is 7.40. The molecule has 0 aromatic rings. The van der Waals surface area contributed by atoms with Gasteiger partial charge in [-0.3, -0.25) is 0 Å². The zero-order chi connectivity index (χ0) is 16.1. The van der Waals surface area contributed by atoms with Crippen LogP contribution in [0, 0.1) is 5.92 Å². The Morgan fingerprint density at radius 3 is 2.30 bits per heavy atom. The predicted molar refractivity (Wildman–Crippen MR) is 90.4 cm³/mol. The van der Waals surface area contributed by atoms with E-state index in [2.05, 4.69) is 20.4 Å². The molecule has 0 aromatic carbocycles. The molecule has 0 radical (unpaired) electrons. The third-order valence-corrected chi connectivity index (χ3v) is 5.60. The van der Waals surface area contributed by atoms with Crippen LogP contribution in [0.3, 0.4) is 0 Å². The lowest BCUT2D eigenvalue weighted by Gasteiger charge is -2.33. The Bertz CT molecular complexity index is 373. The fourth-order valence-corrected chi connectivity index (χ4v) is 3.88. The topological polar surface area (TPSA) is 67.8 Å². The molecule has 3 rings (SSSR count). The van der Waals surface area contributed by atoms with Crippen molar-refractivity contribution in [3.63, 3.8) is 0 Å². The summed E-state index contributed by atoms with van der Waals surface area (Å²) in [5, 5.41) is 15.2. The van der Waals surface area contributed by atoms with E-state index in [1.807, 2.05) is 0 Å². The summed E-state index contributed by atoms with van der Waals surface area (Å²) < 4.78 is 0. The first kappa shape index (κ1) is 17.0. The minimum Gasteiger partial charge on any atom is -0.395 e. The molecule has 2 heterocycles. The van der Waals surface area contributed by atoms with Crippen LogP contribution in [0.1, 0.15) is 38.5 Å². The number of nitrogens with zero attached hydrogens (tertiary/aromatic N) is 2. The fourth-order valence-electron chi connectivity index (χ4n) is 3.88. The van der Waals surface area contributed by atoms with Crippen molar-refractivity contribution in [1.82, 2.24) is 20.4 Å². The lowest BCUT2D eigenvalue weighted by molar-refractivity contribution is 0.146. The summed E-state index contributed by atoms with van der Waals surface area (Å²) in [6, 6.07) is 1.20. The Kier molecular flexibility index (Phi) is 6.14. The second-order valence-electron chi connectivity index (χ2n) is 7.40. The molecule has 0 bridgehead atoms. The number of amides is 2. The molecule has 1 saturated carbocycles. The van der Waals surface area contributed by atoms with Gasteiger partial charge >= 0.3 is 6.03 Å². The molecule has 0 unspecified atom stereocenters. The molecule has 6 heteroatoms. The molecule has 0 spiro atoms. The molecule has 1 aliphatic carbocycles. The number of likely N-dealkylation sites (tertiary alicyclic amines) is 2. The molecule has 3 N–H and O–H groups in total. The van der Waals surface area contributed by atoms with Crippen LogP contribution in [0.2, 0.25) is 0 Å². The number of carbonyl (C=O) groups excluding carboxylic acids is 1. The largest absolute Gasteiger partial charge is 0.395 e. The number of β-amino-alcohol motifs (C(OH)–C–C–N with tert-alkyl or cyclic N) is 1. The van der Waals surface area contributed by atoms with Crippen molar-refractivity contribution in [2.24, 2.45) is 5.92 Å². The van der Waals surface area contributed by atoms with Gasteiger partial charge in [0.15, 0.2) is 0 Å². The molecule has 6 nitrogen and oxygen atoms in total. The minimum absolute atomic E-state index is 0.00709. The minimum atomic E-state index is 0.00709. The van der Waals surface area contributed by atoms with E-state index < -0.39 is 0 Å².